The van der Waals surface area contributed by atoms with Crippen LogP contribution in [0, 0.1) is 0 Å². The fourth-order valence-corrected chi connectivity index (χ4v) is 2.57. The molecule has 0 atom stereocenters. The zero-order chi connectivity index (χ0) is 8.44. The molecule has 0 amide bonds. The Hall–Kier alpha value is -0.370. The second-order valence-electron chi connectivity index (χ2n) is 4.16. The number of nitrogens with zero attached hydrogens (tertiary/aromatic N) is 2. The minimum atomic E-state index is 1.08. The molecular weight excluding hydrogens is 148 g/mol. The van der Waals surface area contributed by atoms with Gasteiger partial charge in [-0.05, 0) is 12.8 Å². The van der Waals surface area contributed by atoms with Crippen LogP contribution < -0.4 is 0 Å². The lowest BCUT2D eigenvalue weighted by atomic mass is 10.3. The molecule has 0 bridgehead atoms. The topological polar surface area (TPSA) is 12.4 Å². The number of rotatable bonds is 0. The molecule has 12 heavy (non-hydrogen) atoms. The third-order valence-electron chi connectivity index (χ3n) is 3.44. The fourth-order valence-electron chi connectivity index (χ4n) is 2.57. The van der Waals surface area contributed by atoms with Crippen LogP contribution in [0.1, 0.15) is 32.6 Å². The van der Waals surface area contributed by atoms with Gasteiger partial charge in [0.05, 0.1) is 19.6 Å². The molecule has 0 N–H and O–H groups in total. The zero-order valence-electron chi connectivity index (χ0n) is 8.05. The lowest BCUT2D eigenvalue weighted by Crippen LogP contribution is -2.49. The maximum absolute atomic E-state index is 4.65. The molecule has 0 aromatic heterocycles. The molecule has 0 aliphatic carbocycles. The van der Waals surface area contributed by atoms with Crippen molar-refractivity contribution in [1.82, 2.24) is 0 Å². The lowest BCUT2D eigenvalue weighted by molar-refractivity contribution is -0.829. The van der Waals surface area contributed by atoms with Gasteiger partial charge in [0.1, 0.15) is 0 Å². The highest BCUT2D eigenvalue weighted by Crippen LogP contribution is 2.23. The van der Waals surface area contributed by atoms with Crippen LogP contribution in [0.4, 0.5) is 0 Å². The molecule has 1 fully saturated rings. The predicted octanol–water partition coefficient (Wildman–Crippen LogP) is 1.81. The van der Waals surface area contributed by atoms with E-state index in [4.69, 9.17) is 0 Å². The van der Waals surface area contributed by atoms with Gasteiger partial charge in [-0.1, -0.05) is 0 Å². The Morgan fingerprint density at radius 2 is 1.58 bits per heavy atom. The molecule has 2 aliphatic heterocycles. The van der Waals surface area contributed by atoms with Gasteiger partial charge in [0.25, 0.3) is 0 Å². The molecule has 0 aromatic rings. The third kappa shape index (κ3) is 1.28. The van der Waals surface area contributed by atoms with Crippen molar-refractivity contribution in [3.8, 4) is 0 Å². The first kappa shape index (κ1) is 8.24. The van der Waals surface area contributed by atoms with Gasteiger partial charge in [-0.3, -0.25) is 4.48 Å². The average molecular weight is 167 g/mol. The van der Waals surface area contributed by atoms with Crippen molar-refractivity contribution < 1.29 is 4.48 Å². The van der Waals surface area contributed by atoms with Gasteiger partial charge >= 0.3 is 0 Å². The zero-order valence-corrected chi connectivity index (χ0v) is 8.05. The summed E-state index contributed by atoms with van der Waals surface area (Å²) in [5.74, 6) is 1.41. The quantitative estimate of drug-likeness (QED) is 0.488. The van der Waals surface area contributed by atoms with E-state index in [9.17, 15) is 0 Å². The second-order valence-corrected chi connectivity index (χ2v) is 4.16. The monoisotopic (exact) mass is 167 g/mol. The van der Waals surface area contributed by atoms with Crippen LogP contribution in [0.2, 0.25) is 0 Å². The summed E-state index contributed by atoms with van der Waals surface area (Å²) in [4.78, 5) is 4.65. The first-order chi connectivity index (χ1) is 5.83. The van der Waals surface area contributed by atoms with Crippen molar-refractivity contribution in [2.24, 2.45) is 4.99 Å². The minimum Gasteiger partial charge on any atom is -0.279 e. The molecule has 2 aliphatic rings. The lowest BCUT2D eigenvalue weighted by Gasteiger charge is -2.31. The Bertz CT molecular complexity index is 190. The molecular formula is C10H19N2+. The van der Waals surface area contributed by atoms with Gasteiger partial charge in [0.15, 0.2) is 5.84 Å². The van der Waals surface area contributed by atoms with Crippen LogP contribution in [-0.2, 0) is 0 Å². The van der Waals surface area contributed by atoms with Crippen LogP contribution >= 0.6 is 0 Å². The second kappa shape index (κ2) is 3.17. The maximum atomic E-state index is 4.65. The van der Waals surface area contributed by atoms with Crippen molar-refractivity contribution >= 4 is 5.84 Å². The van der Waals surface area contributed by atoms with Crippen LogP contribution in [-0.4, -0.2) is 36.5 Å². The SMILES string of the molecule is CC1=NCCCC[N+]12CCCC2. The van der Waals surface area contributed by atoms with Gasteiger partial charge in [-0.25, -0.2) is 4.99 Å². The smallest absolute Gasteiger partial charge is 0.194 e. The fraction of sp³-hybridized carbons (Fsp3) is 0.900. The Morgan fingerprint density at radius 1 is 1.00 bits per heavy atom. The molecule has 1 spiro atoms. The Kier molecular flexibility index (Phi) is 2.18. The first-order valence-corrected chi connectivity index (χ1v) is 5.21. The molecule has 0 unspecified atom stereocenters. The molecule has 2 heteroatoms. The molecule has 0 radical (unpaired) electrons. The van der Waals surface area contributed by atoms with Crippen molar-refractivity contribution in [1.29, 1.82) is 0 Å². The number of hydrogen-bond donors (Lipinski definition) is 0. The first-order valence-electron chi connectivity index (χ1n) is 5.21. The van der Waals surface area contributed by atoms with Gasteiger partial charge < -0.3 is 0 Å². The van der Waals surface area contributed by atoms with E-state index in [1.54, 1.807) is 0 Å². The normalized spacial score (nSPS) is 28.6. The summed E-state index contributed by atoms with van der Waals surface area (Å²) in [5, 5.41) is 0. The third-order valence-corrected chi connectivity index (χ3v) is 3.44. The van der Waals surface area contributed by atoms with Crippen molar-refractivity contribution in [3.63, 3.8) is 0 Å². The van der Waals surface area contributed by atoms with Crippen molar-refractivity contribution in [2.75, 3.05) is 26.2 Å². The molecule has 2 rings (SSSR count). The van der Waals surface area contributed by atoms with E-state index in [0.29, 0.717) is 0 Å². The average Bonchev–Trinajstić information content (AvgIpc) is 2.45. The highest BCUT2D eigenvalue weighted by Gasteiger charge is 2.35. The van der Waals surface area contributed by atoms with Gasteiger partial charge in [-0.2, -0.15) is 0 Å². The van der Waals surface area contributed by atoms with Crippen molar-refractivity contribution in [2.45, 2.75) is 32.6 Å². The maximum Gasteiger partial charge on any atom is 0.194 e. The molecule has 68 valence electrons. The van der Waals surface area contributed by atoms with Gasteiger partial charge in [0.2, 0.25) is 0 Å². The largest absolute Gasteiger partial charge is 0.279 e. The molecule has 2 heterocycles. The Morgan fingerprint density at radius 3 is 2.25 bits per heavy atom. The van der Waals surface area contributed by atoms with Crippen LogP contribution in [0.5, 0.6) is 0 Å². The van der Waals surface area contributed by atoms with E-state index in [1.807, 2.05) is 0 Å². The highest BCUT2D eigenvalue weighted by atomic mass is 15.4. The number of hydrogen-bond acceptors (Lipinski definition) is 1. The molecule has 0 aromatic carbocycles. The van der Waals surface area contributed by atoms with Crippen LogP contribution in [0.3, 0.4) is 0 Å². The Balaban J connectivity index is 2.19. The summed E-state index contributed by atoms with van der Waals surface area (Å²) >= 11 is 0. The van der Waals surface area contributed by atoms with Gasteiger partial charge in [0, 0.05) is 26.3 Å². The Labute approximate surface area is 74.9 Å². The summed E-state index contributed by atoms with van der Waals surface area (Å²) in [6.45, 7) is 7.38. The minimum absolute atomic E-state index is 1.08. The van der Waals surface area contributed by atoms with E-state index >= 15 is 0 Å². The van der Waals surface area contributed by atoms with E-state index < -0.39 is 0 Å². The molecule has 0 saturated carbocycles. The molecule has 1 saturated heterocycles. The van der Waals surface area contributed by atoms with Gasteiger partial charge in [-0.15, -0.1) is 0 Å². The van der Waals surface area contributed by atoms with E-state index in [1.165, 1.54) is 55.6 Å². The number of amidine groups is 1. The summed E-state index contributed by atoms with van der Waals surface area (Å²) < 4.78 is 1.24. The van der Waals surface area contributed by atoms with E-state index in [2.05, 4.69) is 11.9 Å². The van der Waals surface area contributed by atoms with Crippen LogP contribution in [0.15, 0.2) is 4.99 Å². The molecule has 2 nitrogen and oxygen atoms in total. The number of aliphatic imine (C=N–C) groups is 1. The summed E-state index contributed by atoms with van der Waals surface area (Å²) in [6, 6.07) is 0. The van der Waals surface area contributed by atoms with E-state index in [0.717, 1.165) is 6.54 Å². The summed E-state index contributed by atoms with van der Waals surface area (Å²) in [6.07, 6.45) is 5.50. The number of quaternary nitrogens is 1. The van der Waals surface area contributed by atoms with Crippen molar-refractivity contribution in [3.05, 3.63) is 0 Å². The predicted molar refractivity (Wildman–Crippen MR) is 51.3 cm³/mol. The summed E-state index contributed by atoms with van der Waals surface area (Å²) in [7, 11) is 0. The summed E-state index contributed by atoms with van der Waals surface area (Å²) in [5.41, 5.74) is 0. The van der Waals surface area contributed by atoms with E-state index in [-0.39, 0.29) is 0 Å². The van der Waals surface area contributed by atoms with Crippen LogP contribution in [0.25, 0.3) is 0 Å². The standard InChI is InChI=1S/C10H19N2/c1-10-11-6-2-3-7-12(10)8-4-5-9-12/h2-9H2,1H3/q+1. The highest BCUT2D eigenvalue weighted by molar-refractivity contribution is 5.73.